The molecule has 0 amide bonds. The average Bonchev–Trinajstić information content (AvgIpc) is 2.47. The summed E-state index contributed by atoms with van der Waals surface area (Å²) in [5.74, 6) is 0. The molecule has 5 nitrogen and oxygen atoms in total. The summed E-state index contributed by atoms with van der Waals surface area (Å²) in [6, 6.07) is 0. The van der Waals surface area contributed by atoms with E-state index in [1.165, 1.54) is 6.33 Å². The van der Waals surface area contributed by atoms with Gasteiger partial charge in [0.15, 0.2) is 5.65 Å². The van der Waals surface area contributed by atoms with Crippen molar-refractivity contribution < 1.29 is 0 Å². The summed E-state index contributed by atoms with van der Waals surface area (Å²) in [6.45, 7) is 2.02. The first-order valence-electron chi connectivity index (χ1n) is 3.41. The molecule has 0 spiro atoms. The smallest absolute Gasteiger partial charge is 0.182 e. The van der Waals surface area contributed by atoms with Gasteiger partial charge in [-0.05, 0) is 6.42 Å². The predicted molar refractivity (Wildman–Crippen MR) is 38.0 cm³/mol. The van der Waals surface area contributed by atoms with Crippen LogP contribution in [0.1, 0.15) is 12.6 Å². The maximum Gasteiger partial charge on any atom is 0.182 e. The van der Waals surface area contributed by atoms with Gasteiger partial charge in [0.25, 0.3) is 0 Å². The zero-order valence-corrected chi connectivity index (χ0v) is 6.10. The fourth-order valence-corrected chi connectivity index (χ4v) is 0.943. The number of nitrogens with zero attached hydrogens (tertiary/aromatic N) is 5. The van der Waals surface area contributed by atoms with E-state index >= 15 is 0 Å². The van der Waals surface area contributed by atoms with Gasteiger partial charge in [-0.1, -0.05) is 12.1 Å². The molecule has 0 aliphatic rings. The van der Waals surface area contributed by atoms with Gasteiger partial charge in [0.05, 0.1) is 0 Å². The molecule has 56 valence electrons. The quantitative estimate of drug-likeness (QED) is 0.576. The molecule has 0 bridgehead atoms. The van der Waals surface area contributed by atoms with E-state index in [2.05, 4.69) is 20.3 Å². The largest absolute Gasteiger partial charge is 0.225 e. The molecule has 2 rings (SSSR count). The Balaban J connectivity index is 2.76. The zero-order chi connectivity index (χ0) is 7.68. The molecule has 0 saturated carbocycles. The van der Waals surface area contributed by atoms with E-state index in [-0.39, 0.29) is 0 Å². The van der Waals surface area contributed by atoms with Crippen LogP contribution in [0, 0.1) is 0 Å². The molecule has 0 saturated heterocycles. The first-order valence-corrected chi connectivity index (χ1v) is 3.41. The lowest BCUT2D eigenvalue weighted by Gasteiger charge is -1.87. The number of aryl methyl sites for hydroxylation is 1. The molecule has 2 aromatic rings. The molecule has 2 aromatic heterocycles. The Bertz CT molecular complexity index is 366. The molecular formula is C6H7N5. The van der Waals surface area contributed by atoms with Gasteiger partial charge in [0.2, 0.25) is 0 Å². The lowest BCUT2D eigenvalue weighted by Crippen LogP contribution is -1.91. The van der Waals surface area contributed by atoms with Crippen molar-refractivity contribution in [3.63, 3.8) is 0 Å². The predicted octanol–water partition coefficient (Wildman–Crippen LogP) is 0.0817. The van der Waals surface area contributed by atoms with Gasteiger partial charge >= 0.3 is 0 Å². The van der Waals surface area contributed by atoms with Crippen LogP contribution in [0.25, 0.3) is 5.65 Å². The van der Waals surface area contributed by atoms with Crippen LogP contribution in [0.3, 0.4) is 0 Å². The van der Waals surface area contributed by atoms with Crippen molar-refractivity contribution in [2.24, 2.45) is 0 Å². The third-order valence-electron chi connectivity index (χ3n) is 1.49. The molecule has 0 N–H and O–H groups in total. The van der Waals surface area contributed by atoms with Crippen LogP contribution in [-0.2, 0) is 6.42 Å². The Morgan fingerprint density at radius 1 is 1.55 bits per heavy atom. The number of fused-ring (bicyclic) bond motifs is 1. The summed E-state index contributed by atoms with van der Waals surface area (Å²) in [5.41, 5.74) is 1.70. The third kappa shape index (κ3) is 0.849. The van der Waals surface area contributed by atoms with E-state index in [1.54, 1.807) is 10.8 Å². The number of hydrogen-bond donors (Lipinski definition) is 0. The molecular weight excluding hydrogens is 142 g/mol. The Kier molecular flexibility index (Phi) is 1.28. The van der Waals surface area contributed by atoms with Crippen molar-refractivity contribution in [2.45, 2.75) is 13.3 Å². The second-order valence-corrected chi connectivity index (χ2v) is 2.17. The van der Waals surface area contributed by atoms with Crippen LogP contribution in [0.5, 0.6) is 0 Å². The van der Waals surface area contributed by atoms with E-state index in [0.29, 0.717) is 0 Å². The summed E-state index contributed by atoms with van der Waals surface area (Å²) in [6.07, 6.45) is 3.94. The van der Waals surface area contributed by atoms with Gasteiger partial charge in [-0.15, -0.1) is 5.10 Å². The van der Waals surface area contributed by atoms with Crippen LogP contribution in [-0.4, -0.2) is 24.8 Å². The fourth-order valence-electron chi connectivity index (χ4n) is 0.943. The van der Waals surface area contributed by atoms with Crippen molar-refractivity contribution >= 4 is 5.65 Å². The molecule has 2 heterocycles. The first-order chi connectivity index (χ1) is 5.42. The van der Waals surface area contributed by atoms with E-state index in [4.69, 9.17) is 0 Å². The van der Waals surface area contributed by atoms with Crippen LogP contribution >= 0.6 is 0 Å². The Morgan fingerprint density at radius 2 is 2.45 bits per heavy atom. The van der Waals surface area contributed by atoms with Crippen LogP contribution in [0.15, 0.2) is 12.7 Å². The van der Waals surface area contributed by atoms with Gasteiger partial charge in [-0.3, -0.25) is 0 Å². The number of aromatic nitrogens is 5. The standard InChI is InChI=1S/C6H7N5/c1-2-5-6-8-3-7-4-11(6)10-9-5/h3-4H,2H2,1H3. The van der Waals surface area contributed by atoms with Crippen LogP contribution in [0.2, 0.25) is 0 Å². The van der Waals surface area contributed by atoms with Gasteiger partial charge in [-0.25, -0.2) is 9.97 Å². The van der Waals surface area contributed by atoms with E-state index in [0.717, 1.165) is 17.8 Å². The van der Waals surface area contributed by atoms with Crippen molar-refractivity contribution in [3.8, 4) is 0 Å². The maximum atomic E-state index is 4.04. The normalized spacial score (nSPS) is 10.6. The number of rotatable bonds is 1. The molecule has 5 heteroatoms. The van der Waals surface area contributed by atoms with Gasteiger partial charge in [-0.2, -0.15) is 4.52 Å². The highest BCUT2D eigenvalue weighted by Crippen LogP contribution is 2.01. The molecule has 0 fully saturated rings. The minimum atomic E-state index is 0.794. The summed E-state index contributed by atoms with van der Waals surface area (Å²) >= 11 is 0. The van der Waals surface area contributed by atoms with Crippen molar-refractivity contribution in [1.82, 2.24) is 24.8 Å². The monoisotopic (exact) mass is 149 g/mol. The maximum absolute atomic E-state index is 4.04. The highest BCUT2D eigenvalue weighted by atomic mass is 15.4. The van der Waals surface area contributed by atoms with E-state index in [1.807, 2.05) is 6.92 Å². The Labute approximate surface area is 63.1 Å². The van der Waals surface area contributed by atoms with Gasteiger partial charge < -0.3 is 0 Å². The van der Waals surface area contributed by atoms with Crippen LogP contribution < -0.4 is 0 Å². The molecule has 0 radical (unpaired) electrons. The second-order valence-electron chi connectivity index (χ2n) is 2.17. The fraction of sp³-hybridized carbons (Fsp3) is 0.333. The highest BCUT2D eigenvalue weighted by molar-refractivity contribution is 5.40. The molecule has 0 aromatic carbocycles. The van der Waals surface area contributed by atoms with Crippen LogP contribution in [0.4, 0.5) is 0 Å². The SMILES string of the molecule is CCc1nnn2cncnc12. The lowest BCUT2D eigenvalue weighted by atomic mass is 10.3. The molecule has 0 aliphatic carbocycles. The average molecular weight is 149 g/mol. The molecule has 0 unspecified atom stereocenters. The number of hydrogen-bond acceptors (Lipinski definition) is 4. The summed E-state index contributed by atoms with van der Waals surface area (Å²) in [5, 5.41) is 7.76. The van der Waals surface area contributed by atoms with Crippen molar-refractivity contribution in [3.05, 3.63) is 18.3 Å². The Morgan fingerprint density at radius 3 is 3.27 bits per heavy atom. The minimum Gasteiger partial charge on any atom is -0.225 e. The van der Waals surface area contributed by atoms with E-state index in [9.17, 15) is 0 Å². The highest BCUT2D eigenvalue weighted by Gasteiger charge is 2.02. The van der Waals surface area contributed by atoms with Crippen molar-refractivity contribution in [1.29, 1.82) is 0 Å². The summed E-state index contributed by atoms with van der Waals surface area (Å²) in [4.78, 5) is 7.85. The third-order valence-corrected chi connectivity index (χ3v) is 1.49. The Hall–Kier alpha value is -1.52. The van der Waals surface area contributed by atoms with Gasteiger partial charge in [0, 0.05) is 0 Å². The first kappa shape index (κ1) is 6.21. The molecule has 0 aliphatic heterocycles. The topological polar surface area (TPSA) is 56.0 Å². The van der Waals surface area contributed by atoms with E-state index < -0.39 is 0 Å². The summed E-state index contributed by atoms with van der Waals surface area (Å²) < 4.78 is 1.57. The lowest BCUT2D eigenvalue weighted by molar-refractivity contribution is 0.813. The zero-order valence-electron chi connectivity index (χ0n) is 6.10. The molecule has 11 heavy (non-hydrogen) atoms. The molecule has 0 atom stereocenters. The van der Waals surface area contributed by atoms with Crippen molar-refractivity contribution in [2.75, 3.05) is 0 Å². The minimum absolute atomic E-state index is 0.794. The van der Waals surface area contributed by atoms with Gasteiger partial charge in [0.1, 0.15) is 18.3 Å². The second kappa shape index (κ2) is 2.26. The summed E-state index contributed by atoms with van der Waals surface area (Å²) in [7, 11) is 0.